The standard InChI is InChI=1S/C16H21ClN4O2/c1-11(2)20(9-12(3)22)16(23)19-13-8-18-21(10-13)15-7-5-4-6-14(15)17/h4-8,10-12,22H,9H2,1-3H3,(H,19,23). The first kappa shape index (κ1) is 17.3. The third-order valence-corrected chi connectivity index (χ3v) is 3.60. The van der Waals surface area contributed by atoms with E-state index in [-0.39, 0.29) is 18.6 Å². The van der Waals surface area contributed by atoms with Crippen molar-refractivity contribution in [2.75, 3.05) is 11.9 Å². The van der Waals surface area contributed by atoms with Gasteiger partial charge in [-0.15, -0.1) is 0 Å². The van der Waals surface area contributed by atoms with Gasteiger partial charge in [0.1, 0.15) is 0 Å². The Hall–Kier alpha value is -2.05. The molecule has 23 heavy (non-hydrogen) atoms. The molecule has 0 spiro atoms. The largest absolute Gasteiger partial charge is 0.392 e. The molecule has 2 amide bonds. The highest BCUT2D eigenvalue weighted by atomic mass is 35.5. The van der Waals surface area contributed by atoms with E-state index in [4.69, 9.17) is 11.6 Å². The topological polar surface area (TPSA) is 70.4 Å². The summed E-state index contributed by atoms with van der Waals surface area (Å²) in [5, 5.41) is 17.1. The van der Waals surface area contributed by atoms with Gasteiger partial charge in [-0.3, -0.25) is 0 Å². The third-order valence-electron chi connectivity index (χ3n) is 3.28. The highest BCUT2D eigenvalue weighted by Crippen LogP contribution is 2.20. The number of hydrogen-bond acceptors (Lipinski definition) is 3. The van der Waals surface area contributed by atoms with E-state index in [0.29, 0.717) is 10.7 Å². The first-order valence-electron chi connectivity index (χ1n) is 7.43. The molecule has 0 saturated carbocycles. The molecule has 1 unspecified atom stereocenters. The Morgan fingerprint density at radius 3 is 2.70 bits per heavy atom. The molecule has 124 valence electrons. The molecule has 0 saturated heterocycles. The maximum atomic E-state index is 12.3. The molecule has 0 radical (unpaired) electrons. The molecule has 2 N–H and O–H groups in total. The normalized spacial score (nSPS) is 12.3. The first-order chi connectivity index (χ1) is 10.9. The molecule has 1 heterocycles. The number of para-hydroxylation sites is 1. The number of urea groups is 1. The van der Waals surface area contributed by atoms with E-state index in [1.165, 1.54) is 0 Å². The Balaban J connectivity index is 2.12. The summed E-state index contributed by atoms with van der Waals surface area (Å²) in [6, 6.07) is 7.02. The lowest BCUT2D eigenvalue weighted by atomic mass is 10.3. The van der Waals surface area contributed by atoms with Crippen molar-refractivity contribution >= 4 is 23.3 Å². The summed E-state index contributed by atoms with van der Waals surface area (Å²) in [7, 11) is 0. The van der Waals surface area contributed by atoms with Gasteiger partial charge in [-0.1, -0.05) is 23.7 Å². The Bertz CT molecular complexity index is 670. The molecule has 1 aromatic heterocycles. The molecule has 6 nitrogen and oxygen atoms in total. The van der Waals surface area contributed by atoms with Gasteiger partial charge in [0.05, 0.1) is 34.9 Å². The molecule has 1 aromatic carbocycles. The molecule has 0 bridgehead atoms. The van der Waals surface area contributed by atoms with Crippen molar-refractivity contribution in [1.29, 1.82) is 0 Å². The maximum absolute atomic E-state index is 12.3. The van der Waals surface area contributed by atoms with Crippen molar-refractivity contribution in [3.05, 3.63) is 41.7 Å². The number of hydrogen-bond donors (Lipinski definition) is 2. The van der Waals surface area contributed by atoms with Gasteiger partial charge in [-0.05, 0) is 32.9 Å². The Morgan fingerprint density at radius 1 is 1.39 bits per heavy atom. The number of aliphatic hydroxyl groups is 1. The van der Waals surface area contributed by atoms with Crippen molar-refractivity contribution in [2.45, 2.75) is 32.9 Å². The molecule has 0 aliphatic rings. The summed E-state index contributed by atoms with van der Waals surface area (Å²) in [6.07, 6.45) is 2.66. The Morgan fingerprint density at radius 2 is 2.09 bits per heavy atom. The number of halogens is 1. The monoisotopic (exact) mass is 336 g/mol. The first-order valence-corrected chi connectivity index (χ1v) is 7.81. The fraction of sp³-hybridized carbons (Fsp3) is 0.375. The SMILES string of the molecule is CC(O)CN(C(=O)Nc1cnn(-c2ccccc2Cl)c1)C(C)C. The minimum Gasteiger partial charge on any atom is -0.392 e. The lowest BCUT2D eigenvalue weighted by Crippen LogP contribution is -2.43. The molecule has 0 aliphatic heterocycles. The van der Waals surface area contributed by atoms with E-state index in [1.807, 2.05) is 32.0 Å². The molecule has 7 heteroatoms. The van der Waals surface area contributed by atoms with E-state index in [1.54, 1.807) is 35.0 Å². The van der Waals surface area contributed by atoms with E-state index in [9.17, 15) is 9.90 Å². The molecular formula is C16H21ClN4O2. The number of carbonyl (C=O) groups is 1. The average Bonchev–Trinajstić information content (AvgIpc) is 2.93. The van der Waals surface area contributed by atoms with Crippen molar-refractivity contribution in [3.63, 3.8) is 0 Å². The molecule has 0 fully saturated rings. The zero-order valence-electron chi connectivity index (χ0n) is 13.4. The summed E-state index contributed by atoms with van der Waals surface area (Å²) in [4.78, 5) is 13.9. The smallest absolute Gasteiger partial charge is 0.322 e. The Labute approximate surface area is 140 Å². The van der Waals surface area contributed by atoms with Crippen LogP contribution in [0.2, 0.25) is 5.02 Å². The molecule has 2 rings (SSSR count). The predicted octanol–water partition coefficient (Wildman–Crippen LogP) is 3.15. The number of aliphatic hydroxyl groups excluding tert-OH is 1. The quantitative estimate of drug-likeness (QED) is 0.881. The van der Waals surface area contributed by atoms with Crippen LogP contribution in [-0.4, -0.2) is 44.5 Å². The second kappa shape index (κ2) is 7.48. The summed E-state index contributed by atoms with van der Waals surface area (Å²) in [6.45, 7) is 5.71. The number of anilines is 1. The zero-order chi connectivity index (χ0) is 17.0. The number of nitrogens with one attached hydrogen (secondary N) is 1. The molecular weight excluding hydrogens is 316 g/mol. The van der Waals surface area contributed by atoms with Gasteiger partial charge >= 0.3 is 6.03 Å². The maximum Gasteiger partial charge on any atom is 0.322 e. The minimum absolute atomic E-state index is 0.0248. The van der Waals surface area contributed by atoms with Gasteiger partial charge in [-0.2, -0.15) is 5.10 Å². The molecule has 2 aromatic rings. The van der Waals surface area contributed by atoms with Crippen LogP contribution in [0.4, 0.5) is 10.5 Å². The van der Waals surface area contributed by atoms with E-state index < -0.39 is 6.10 Å². The van der Waals surface area contributed by atoms with Crippen LogP contribution in [0.1, 0.15) is 20.8 Å². The molecule has 0 aliphatic carbocycles. The van der Waals surface area contributed by atoms with Crippen LogP contribution in [0, 0.1) is 0 Å². The number of amides is 2. The van der Waals surface area contributed by atoms with Crippen LogP contribution >= 0.6 is 11.6 Å². The number of carbonyl (C=O) groups excluding carboxylic acids is 1. The lowest BCUT2D eigenvalue weighted by molar-refractivity contribution is 0.125. The van der Waals surface area contributed by atoms with Gasteiger partial charge in [0.25, 0.3) is 0 Å². The van der Waals surface area contributed by atoms with Gasteiger partial charge in [0, 0.05) is 12.6 Å². The fourth-order valence-corrected chi connectivity index (χ4v) is 2.39. The third kappa shape index (κ3) is 4.46. The van der Waals surface area contributed by atoms with Crippen LogP contribution in [0.25, 0.3) is 5.69 Å². The summed E-state index contributed by atoms with van der Waals surface area (Å²) in [5.74, 6) is 0. The van der Waals surface area contributed by atoms with Gasteiger partial charge in [0.2, 0.25) is 0 Å². The van der Waals surface area contributed by atoms with Crippen LogP contribution in [0.15, 0.2) is 36.7 Å². The second-order valence-corrected chi connectivity index (χ2v) is 6.06. The van der Waals surface area contributed by atoms with Crippen LogP contribution < -0.4 is 5.32 Å². The second-order valence-electron chi connectivity index (χ2n) is 5.65. The van der Waals surface area contributed by atoms with Gasteiger partial charge in [0.15, 0.2) is 0 Å². The summed E-state index contributed by atoms with van der Waals surface area (Å²) in [5.41, 5.74) is 1.30. The van der Waals surface area contributed by atoms with Crippen molar-refractivity contribution in [1.82, 2.24) is 14.7 Å². The zero-order valence-corrected chi connectivity index (χ0v) is 14.2. The number of rotatable bonds is 5. The van der Waals surface area contributed by atoms with Crippen LogP contribution in [-0.2, 0) is 0 Å². The minimum atomic E-state index is -0.589. The van der Waals surface area contributed by atoms with Crippen LogP contribution in [0.3, 0.4) is 0 Å². The highest BCUT2D eigenvalue weighted by Gasteiger charge is 2.19. The van der Waals surface area contributed by atoms with Crippen LogP contribution in [0.5, 0.6) is 0 Å². The summed E-state index contributed by atoms with van der Waals surface area (Å²) >= 11 is 6.14. The Kier molecular flexibility index (Phi) is 5.63. The van der Waals surface area contributed by atoms with Crippen molar-refractivity contribution in [2.24, 2.45) is 0 Å². The highest BCUT2D eigenvalue weighted by molar-refractivity contribution is 6.32. The van der Waals surface area contributed by atoms with Gasteiger partial charge in [-0.25, -0.2) is 9.48 Å². The van der Waals surface area contributed by atoms with Crippen molar-refractivity contribution < 1.29 is 9.90 Å². The fourth-order valence-electron chi connectivity index (χ4n) is 2.16. The average molecular weight is 337 g/mol. The lowest BCUT2D eigenvalue weighted by Gasteiger charge is -2.27. The van der Waals surface area contributed by atoms with Gasteiger partial charge < -0.3 is 15.3 Å². The molecule has 1 atom stereocenters. The van der Waals surface area contributed by atoms with E-state index >= 15 is 0 Å². The van der Waals surface area contributed by atoms with E-state index in [0.717, 1.165) is 5.69 Å². The number of aromatic nitrogens is 2. The number of nitrogens with zero attached hydrogens (tertiary/aromatic N) is 3. The van der Waals surface area contributed by atoms with Crippen molar-refractivity contribution in [3.8, 4) is 5.69 Å². The summed E-state index contributed by atoms with van der Waals surface area (Å²) < 4.78 is 1.60. The number of benzene rings is 1. The van der Waals surface area contributed by atoms with E-state index in [2.05, 4.69) is 10.4 Å². The predicted molar refractivity (Wildman–Crippen MR) is 91.1 cm³/mol.